The molecule has 1 aromatic rings. The van der Waals surface area contributed by atoms with Crippen LogP contribution in [0.15, 0.2) is 30.3 Å². The molecular weight excluding hydrogens is 352 g/mol. The molecule has 1 aliphatic rings. The van der Waals surface area contributed by atoms with Gasteiger partial charge in [0.2, 0.25) is 0 Å². The number of carbonyl (C=O) groups is 3. The van der Waals surface area contributed by atoms with Gasteiger partial charge in [-0.05, 0) is 12.0 Å². The Labute approximate surface area is 158 Å². The van der Waals surface area contributed by atoms with Crippen molar-refractivity contribution in [2.75, 3.05) is 6.61 Å². The lowest BCUT2D eigenvalue weighted by molar-refractivity contribution is -0.185. The molecule has 0 N–H and O–H groups in total. The highest BCUT2D eigenvalue weighted by atomic mass is 16.6. The minimum atomic E-state index is -0.652. The van der Waals surface area contributed by atoms with Gasteiger partial charge in [-0.25, -0.2) is 0 Å². The van der Waals surface area contributed by atoms with Crippen LogP contribution in [0.3, 0.4) is 0 Å². The maximum absolute atomic E-state index is 11.5. The molecular formula is C20H26O7. The van der Waals surface area contributed by atoms with E-state index in [9.17, 15) is 14.4 Å². The SMILES string of the molecule is CC(=O)O[C@H]1C[C@@H](OC(C)=O)[C@@H](OC(C)=O)C[C@@H]1COCc1ccccc1. The molecule has 2 rings (SSSR count). The summed E-state index contributed by atoms with van der Waals surface area (Å²) >= 11 is 0. The van der Waals surface area contributed by atoms with Gasteiger partial charge in [-0.3, -0.25) is 14.4 Å². The molecule has 0 aliphatic heterocycles. The molecule has 0 aromatic heterocycles. The minimum Gasteiger partial charge on any atom is -0.462 e. The van der Waals surface area contributed by atoms with Crippen molar-refractivity contribution in [3.8, 4) is 0 Å². The molecule has 148 valence electrons. The zero-order valence-corrected chi connectivity index (χ0v) is 15.9. The van der Waals surface area contributed by atoms with E-state index < -0.39 is 36.2 Å². The average molecular weight is 378 g/mol. The third-order valence-corrected chi connectivity index (χ3v) is 4.34. The fraction of sp³-hybridized carbons (Fsp3) is 0.550. The normalized spacial score (nSPS) is 24.7. The van der Waals surface area contributed by atoms with Crippen molar-refractivity contribution in [1.29, 1.82) is 0 Å². The fourth-order valence-electron chi connectivity index (χ4n) is 3.28. The molecule has 4 atom stereocenters. The maximum atomic E-state index is 11.5. The van der Waals surface area contributed by atoms with E-state index in [1.807, 2.05) is 30.3 Å². The molecule has 27 heavy (non-hydrogen) atoms. The topological polar surface area (TPSA) is 88.1 Å². The summed E-state index contributed by atoms with van der Waals surface area (Å²) in [6.45, 7) is 4.69. The van der Waals surface area contributed by atoms with Gasteiger partial charge in [-0.2, -0.15) is 0 Å². The van der Waals surface area contributed by atoms with Crippen LogP contribution in [0.1, 0.15) is 39.2 Å². The van der Waals surface area contributed by atoms with Crippen molar-refractivity contribution in [3.05, 3.63) is 35.9 Å². The number of esters is 3. The first-order valence-corrected chi connectivity index (χ1v) is 8.98. The molecule has 1 fully saturated rings. The highest BCUT2D eigenvalue weighted by Gasteiger charge is 2.42. The van der Waals surface area contributed by atoms with E-state index in [1.165, 1.54) is 20.8 Å². The van der Waals surface area contributed by atoms with Gasteiger partial charge in [0.1, 0.15) is 18.3 Å². The Morgan fingerprint density at radius 1 is 0.815 bits per heavy atom. The first-order valence-electron chi connectivity index (χ1n) is 8.98. The third kappa shape index (κ3) is 7.02. The van der Waals surface area contributed by atoms with Gasteiger partial charge in [0.05, 0.1) is 13.2 Å². The van der Waals surface area contributed by atoms with E-state index in [4.69, 9.17) is 18.9 Å². The number of hydrogen-bond donors (Lipinski definition) is 0. The highest BCUT2D eigenvalue weighted by Crippen LogP contribution is 2.32. The van der Waals surface area contributed by atoms with Crippen molar-refractivity contribution in [1.82, 2.24) is 0 Å². The van der Waals surface area contributed by atoms with Crippen molar-refractivity contribution in [2.24, 2.45) is 5.92 Å². The van der Waals surface area contributed by atoms with Crippen LogP contribution in [-0.4, -0.2) is 42.8 Å². The monoisotopic (exact) mass is 378 g/mol. The zero-order valence-electron chi connectivity index (χ0n) is 15.9. The Balaban J connectivity index is 2.04. The van der Waals surface area contributed by atoms with Gasteiger partial charge in [0.15, 0.2) is 0 Å². The first kappa shape index (κ1) is 20.9. The molecule has 0 spiro atoms. The second-order valence-electron chi connectivity index (χ2n) is 6.68. The Morgan fingerprint density at radius 3 is 1.89 bits per heavy atom. The number of rotatable bonds is 7. The van der Waals surface area contributed by atoms with Crippen molar-refractivity contribution >= 4 is 17.9 Å². The quantitative estimate of drug-likeness (QED) is 0.532. The van der Waals surface area contributed by atoms with Gasteiger partial charge < -0.3 is 18.9 Å². The van der Waals surface area contributed by atoms with Crippen LogP contribution in [0.4, 0.5) is 0 Å². The predicted octanol–water partition coefficient (Wildman–Crippen LogP) is 2.41. The van der Waals surface area contributed by atoms with Crippen LogP contribution in [0.5, 0.6) is 0 Å². The molecule has 0 saturated heterocycles. The third-order valence-electron chi connectivity index (χ3n) is 4.34. The van der Waals surface area contributed by atoms with E-state index in [-0.39, 0.29) is 12.3 Å². The van der Waals surface area contributed by atoms with Crippen LogP contribution in [0, 0.1) is 5.92 Å². The Hall–Kier alpha value is -2.41. The molecule has 1 saturated carbocycles. The second-order valence-corrected chi connectivity index (χ2v) is 6.68. The van der Waals surface area contributed by atoms with Crippen molar-refractivity contribution in [2.45, 2.75) is 58.5 Å². The van der Waals surface area contributed by atoms with Crippen molar-refractivity contribution in [3.63, 3.8) is 0 Å². The molecule has 0 radical (unpaired) electrons. The maximum Gasteiger partial charge on any atom is 0.303 e. The summed E-state index contributed by atoms with van der Waals surface area (Å²) < 4.78 is 21.9. The molecule has 7 nitrogen and oxygen atoms in total. The average Bonchev–Trinajstić information content (AvgIpc) is 2.58. The summed E-state index contributed by atoms with van der Waals surface area (Å²) in [5.41, 5.74) is 1.03. The number of hydrogen-bond acceptors (Lipinski definition) is 7. The van der Waals surface area contributed by atoms with Crippen LogP contribution in [0.25, 0.3) is 0 Å². The number of ether oxygens (including phenoxy) is 4. The van der Waals surface area contributed by atoms with Gasteiger partial charge in [0, 0.05) is 33.1 Å². The largest absolute Gasteiger partial charge is 0.462 e. The standard InChI is InChI=1S/C20H26O7/c1-13(21)25-18-10-20(27-15(3)23)19(26-14(2)22)9-17(18)12-24-11-16-7-5-4-6-8-16/h4-8,17-20H,9-12H2,1-3H3/t17-,18+,19+,20-/m1/s1. The summed E-state index contributed by atoms with van der Waals surface area (Å²) in [6, 6.07) is 9.72. The van der Waals surface area contributed by atoms with Crippen molar-refractivity contribution < 1.29 is 33.3 Å². The molecule has 0 unspecified atom stereocenters. The summed E-state index contributed by atoms with van der Waals surface area (Å²) in [7, 11) is 0. The Morgan fingerprint density at radius 2 is 1.33 bits per heavy atom. The molecule has 1 aliphatic carbocycles. The first-order chi connectivity index (χ1) is 12.8. The van der Waals surface area contributed by atoms with Crippen LogP contribution < -0.4 is 0 Å². The van der Waals surface area contributed by atoms with Gasteiger partial charge in [-0.1, -0.05) is 30.3 Å². The summed E-state index contributed by atoms with van der Waals surface area (Å²) in [6.07, 6.45) is -1.08. The molecule has 0 amide bonds. The zero-order chi connectivity index (χ0) is 19.8. The summed E-state index contributed by atoms with van der Waals surface area (Å²) in [4.78, 5) is 34.3. The lowest BCUT2D eigenvalue weighted by atomic mass is 9.83. The molecule has 0 heterocycles. The predicted molar refractivity (Wildman–Crippen MR) is 95.5 cm³/mol. The number of carbonyl (C=O) groups excluding carboxylic acids is 3. The highest BCUT2D eigenvalue weighted by molar-refractivity contribution is 5.67. The van der Waals surface area contributed by atoms with E-state index in [2.05, 4.69) is 0 Å². The van der Waals surface area contributed by atoms with Crippen LogP contribution >= 0.6 is 0 Å². The van der Waals surface area contributed by atoms with Gasteiger partial charge in [0.25, 0.3) is 0 Å². The lowest BCUT2D eigenvalue weighted by Crippen LogP contribution is -2.48. The summed E-state index contributed by atoms with van der Waals surface area (Å²) in [5, 5.41) is 0. The molecule has 0 bridgehead atoms. The van der Waals surface area contributed by atoms with E-state index in [1.54, 1.807) is 0 Å². The molecule has 7 heteroatoms. The van der Waals surface area contributed by atoms with E-state index in [0.29, 0.717) is 19.6 Å². The van der Waals surface area contributed by atoms with E-state index in [0.717, 1.165) is 5.56 Å². The fourth-order valence-corrected chi connectivity index (χ4v) is 3.28. The smallest absolute Gasteiger partial charge is 0.303 e. The second kappa shape index (κ2) is 10.1. The number of benzene rings is 1. The summed E-state index contributed by atoms with van der Waals surface area (Å²) in [5.74, 6) is -1.51. The Bertz CT molecular complexity index is 643. The lowest BCUT2D eigenvalue weighted by Gasteiger charge is -2.39. The van der Waals surface area contributed by atoms with Crippen LogP contribution in [-0.2, 0) is 39.9 Å². The van der Waals surface area contributed by atoms with Crippen LogP contribution in [0.2, 0.25) is 0 Å². The minimum absolute atomic E-state index is 0.172. The van der Waals surface area contributed by atoms with E-state index >= 15 is 0 Å². The molecule has 1 aromatic carbocycles. The Kier molecular flexibility index (Phi) is 7.79. The van der Waals surface area contributed by atoms with Gasteiger partial charge in [-0.15, -0.1) is 0 Å². The van der Waals surface area contributed by atoms with Gasteiger partial charge >= 0.3 is 17.9 Å².